The Labute approximate surface area is 146 Å². The highest BCUT2D eigenvalue weighted by Gasteiger charge is 2.33. The van der Waals surface area contributed by atoms with Crippen LogP contribution in [0.25, 0.3) is 0 Å². The molecule has 0 bridgehead atoms. The van der Waals surface area contributed by atoms with Gasteiger partial charge in [-0.2, -0.15) is 0 Å². The summed E-state index contributed by atoms with van der Waals surface area (Å²) in [7, 11) is 0. The molecule has 136 valence electrons. The SMILES string of the molecule is CC(C)C(N)c1occc1C(=O)O.CC(C)C1NC(=O)c2ccoc21. The van der Waals surface area contributed by atoms with E-state index in [4.69, 9.17) is 19.7 Å². The maximum atomic E-state index is 11.3. The predicted molar refractivity (Wildman–Crippen MR) is 91.2 cm³/mol. The summed E-state index contributed by atoms with van der Waals surface area (Å²) in [5.41, 5.74) is 6.61. The number of carboxylic acid groups (broad SMARTS) is 1. The number of furan rings is 2. The minimum absolute atomic E-state index is 0.0162. The summed E-state index contributed by atoms with van der Waals surface area (Å²) in [6, 6.07) is 2.83. The van der Waals surface area contributed by atoms with Gasteiger partial charge in [0.1, 0.15) is 17.1 Å². The van der Waals surface area contributed by atoms with Crippen molar-refractivity contribution >= 4 is 11.9 Å². The molecular formula is C18H24N2O5. The van der Waals surface area contributed by atoms with E-state index >= 15 is 0 Å². The summed E-state index contributed by atoms with van der Waals surface area (Å²) in [4.78, 5) is 22.0. The zero-order valence-corrected chi connectivity index (χ0v) is 14.8. The first-order chi connectivity index (χ1) is 11.7. The average Bonchev–Trinajstić information content (AvgIpc) is 3.24. The number of aromatic carboxylic acids is 1. The van der Waals surface area contributed by atoms with Gasteiger partial charge in [-0.25, -0.2) is 4.79 Å². The Bertz CT molecular complexity index is 744. The van der Waals surface area contributed by atoms with Gasteiger partial charge in [-0.3, -0.25) is 4.79 Å². The molecule has 2 aromatic heterocycles. The lowest BCUT2D eigenvalue weighted by Crippen LogP contribution is -2.23. The monoisotopic (exact) mass is 348 g/mol. The molecule has 2 unspecified atom stereocenters. The van der Waals surface area contributed by atoms with Crippen molar-refractivity contribution in [3.05, 3.63) is 47.3 Å². The van der Waals surface area contributed by atoms with Crippen LogP contribution in [0.1, 0.15) is 72.0 Å². The molecule has 0 radical (unpaired) electrons. The van der Waals surface area contributed by atoms with Gasteiger partial charge in [0.2, 0.25) is 0 Å². The summed E-state index contributed by atoms with van der Waals surface area (Å²) < 4.78 is 10.3. The molecule has 0 fully saturated rings. The fourth-order valence-corrected chi connectivity index (χ4v) is 2.56. The minimum atomic E-state index is -1.00. The van der Waals surface area contributed by atoms with Gasteiger partial charge in [0.15, 0.2) is 0 Å². The molecule has 7 nitrogen and oxygen atoms in total. The second-order valence-corrected chi connectivity index (χ2v) is 6.67. The molecule has 1 amide bonds. The number of carbonyl (C=O) groups excluding carboxylic acids is 1. The zero-order chi connectivity index (χ0) is 18.7. The fourth-order valence-electron chi connectivity index (χ4n) is 2.56. The minimum Gasteiger partial charge on any atom is -0.478 e. The van der Waals surface area contributed by atoms with Crippen LogP contribution in [0.3, 0.4) is 0 Å². The molecule has 3 heterocycles. The van der Waals surface area contributed by atoms with Crippen LogP contribution in [0.5, 0.6) is 0 Å². The van der Waals surface area contributed by atoms with Gasteiger partial charge in [0.25, 0.3) is 5.91 Å². The van der Waals surface area contributed by atoms with Crippen molar-refractivity contribution in [2.75, 3.05) is 0 Å². The van der Waals surface area contributed by atoms with Gasteiger partial charge in [0, 0.05) is 0 Å². The molecule has 0 aliphatic carbocycles. The number of carbonyl (C=O) groups is 2. The predicted octanol–water partition coefficient (Wildman–Crippen LogP) is 3.35. The third-order valence-electron chi connectivity index (χ3n) is 4.12. The molecule has 4 N–H and O–H groups in total. The number of nitrogens with two attached hydrogens (primary N) is 1. The van der Waals surface area contributed by atoms with Crippen molar-refractivity contribution in [1.29, 1.82) is 0 Å². The average molecular weight is 348 g/mol. The van der Waals surface area contributed by atoms with Crippen molar-refractivity contribution in [3.8, 4) is 0 Å². The third kappa shape index (κ3) is 3.93. The first kappa shape index (κ1) is 18.8. The van der Waals surface area contributed by atoms with Crippen LogP contribution in [0.15, 0.2) is 33.5 Å². The van der Waals surface area contributed by atoms with E-state index in [-0.39, 0.29) is 29.5 Å². The Kier molecular flexibility index (Phi) is 5.69. The molecule has 3 rings (SSSR count). The number of fused-ring (bicyclic) bond motifs is 1. The van der Waals surface area contributed by atoms with Crippen molar-refractivity contribution in [2.45, 2.75) is 39.8 Å². The first-order valence-electron chi connectivity index (χ1n) is 8.18. The van der Waals surface area contributed by atoms with E-state index in [0.717, 1.165) is 5.76 Å². The molecule has 0 aromatic carbocycles. The summed E-state index contributed by atoms with van der Waals surface area (Å²) >= 11 is 0. The normalized spacial score (nSPS) is 17.1. The maximum absolute atomic E-state index is 11.3. The number of amides is 1. The summed E-state index contributed by atoms with van der Waals surface area (Å²) in [5.74, 6) is 0.653. The molecule has 7 heteroatoms. The lowest BCUT2D eigenvalue weighted by Gasteiger charge is -2.13. The first-order valence-corrected chi connectivity index (χ1v) is 8.18. The van der Waals surface area contributed by atoms with E-state index in [1.165, 1.54) is 12.3 Å². The smallest absolute Gasteiger partial charge is 0.339 e. The highest BCUT2D eigenvalue weighted by atomic mass is 16.4. The van der Waals surface area contributed by atoms with Crippen molar-refractivity contribution < 1.29 is 23.5 Å². The summed E-state index contributed by atoms with van der Waals surface area (Å²) in [5, 5.41) is 11.6. The van der Waals surface area contributed by atoms with Crippen LogP contribution >= 0.6 is 0 Å². The lowest BCUT2D eigenvalue weighted by atomic mass is 10.0. The largest absolute Gasteiger partial charge is 0.478 e. The number of carboxylic acids is 1. The molecule has 0 spiro atoms. The van der Waals surface area contributed by atoms with E-state index < -0.39 is 5.97 Å². The highest BCUT2D eigenvalue weighted by Crippen LogP contribution is 2.31. The van der Waals surface area contributed by atoms with Gasteiger partial charge >= 0.3 is 5.97 Å². The van der Waals surface area contributed by atoms with Crippen molar-refractivity contribution in [3.63, 3.8) is 0 Å². The Hall–Kier alpha value is -2.54. The van der Waals surface area contributed by atoms with Gasteiger partial charge in [-0.15, -0.1) is 0 Å². The van der Waals surface area contributed by atoms with Crippen LogP contribution in [0, 0.1) is 11.8 Å². The number of hydrogen-bond donors (Lipinski definition) is 3. The highest BCUT2D eigenvalue weighted by molar-refractivity contribution is 5.98. The zero-order valence-electron chi connectivity index (χ0n) is 14.8. The second kappa shape index (κ2) is 7.57. The quantitative estimate of drug-likeness (QED) is 0.779. The molecule has 0 saturated carbocycles. The second-order valence-electron chi connectivity index (χ2n) is 6.67. The third-order valence-corrected chi connectivity index (χ3v) is 4.12. The van der Waals surface area contributed by atoms with E-state index in [2.05, 4.69) is 19.2 Å². The molecule has 1 aliphatic rings. The van der Waals surface area contributed by atoms with Crippen molar-refractivity contribution in [2.24, 2.45) is 17.6 Å². The number of rotatable bonds is 4. The van der Waals surface area contributed by atoms with Gasteiger partial charge in [-0.1, -0.05) is 27.7 Å². The fraction of sp³-hybridized carbons (Fsp3) is 0.444. The molecular weight excluding hydrogens is 324 g/mol. The van der Waals surface area contributed by atoms with Gasteiger partial charge < -0.3 is 25.0 Å². The van der Waals surface area contributed by atoms with Crippen LogP contribution < -0.4 is 11.1 Å². The molecule has 1 aliphatic heterocycles. The Balaban J connectivity index is 0.000000181. The Morgan fingerprint density at radius 1 is 1.20 bits per heavy atom. The Morgan fingerprint density at radius 3 is 2.40 bits per heavy atom. The standard InChI is InChI=1S/C9H13NO3.C9H11NO2/c1-5(2)7(10)8-6(9(11)12)3-4-13-8;1-5(2)7-8-6(3-4-12-8)9(11)10-7/h3-5,7H,10H2,1-2H3,(H,11,12);3-5,7H,1-2H3,(H,10,11). The molecule has 25 heavy (non-hydrogen) atoms. The number of nitrogens with one attached hydrogen (secondary N) is 1. The molecule has 2 aromatic rings. The lowest BCUT2D eigenvalue weighted by molar-refractivity contribution is 0.0692. The van der Waals surface area contributed by atoms with Crippen molar-refractivity contribution in [1.82, 2.24) is 5.32 Å². The van der Waals surface area contributed by atoms with Gasteiger partial charge in [-0.05, 0) is 24.0 Å². The van der Waals surface area contributed by atoms with Gasteiger partial charge in [0.05, 0.1) is 30.2 Å². The molecule has 2 atom stereocenters. The van der Waals surface area contributed by atoms with E-state index in [0.29, 0.717) is 17.2 Å². The van der Waals surface area contributed by atoms with E-state index in [1.807, 2.05) is 13.8 Å². The Morgan fingerprint density at radius 2 is 1.84 bits per heavy atom. The number of hydrogen-bond acceptors (Lipinski definition) is 5. The van der Waals surface area contributed by atoms with E-state index in [9.17, 15) is 9.59 Å². The summed E-state index contributed by atoms with van der Waals surface area (Å²) in [6.45, 7) is 7.95. The van der Waals surface area contributed by atoms with Crippen LogP contribution in [-0.2, 0) is 0 Å². The van der Waals surface area contributed by atoms with Crippen LogP contribution in [0.2, 0.25) is 0 Å². The molecule has 0 saturated heterocycles. The topological polar surface area (TPSA) is 119 Å². The van der Waals surface area contributed by atoms with Crippen LogP contribution in [-0.4, -0.2) is 17.0 Å². The van der Waals surface area contributed by atoms with E-state index in [1.54, 1.807) is 12.3 Å². The maximum Gasteiger partial charge on any atom is 0.339 e. The summed E-state index contributed by atoms with van der Waals surface area (Å²) in [6.07, 6.45) is 2.92. The van der Waals surface area contributed by atoms with Crippen LogP contribution in [0.4, 0.5) is 0 Å².